The molecule has 0 aromatic heterocycles. The number of aliphatic carboxylic acids is 1. The fourth-order valence-electron chi connectivity index (χ4n) is 2.07. The van der Waals surface area contributed by atoms with Gasteiger partial charge < -0.3 is 5.11 Å². The molecular weight excluding hydrogens is 248 g/mol. The van der Waals surface area contributed by atoms with E-state index in [1.165, 1.54) is 44.9 Å². The average Bonchev–Trinajstić information content (AvgIpc) is 2.43. The molecule has 2 nitrogen and oxygen atoms in total. The van der Waals surface area contributed by atoms with Gasteiger partial charge >= 0.3 is 5.97 Å². The summed E-state index contributed by atoms with van der Waals surface area (Å²) in [6.45, 7) is 2.25. The van der Waals surface area contributed by atoms with E-state index in [0.717, 1.165) is 19.3 Å². The zero-order valence-electron chi connectivity index (χ0n) is 13.2. The molecule has 0 aromatic rings. The Bertz CT molecular complexity index is 267. The molecule has 1 N–H and O–H groups in total. The second-order valence-corrected chi connectivity index (χ2v) is 5.36. The Labute approximate surface area is 125 Å². The van der Waals surface area contributed by atoms with E-state index in [1.807, 2.05) is 6.08 Å². The summed E-state index contributed by atoms with van der Waals surface area (Å²) in [6, 6.07) is 0. The molecule has 0 unspecified atom stereocenters. The summed E-state index contributed by atoms with van der Waals surface area (Å²) in [5.74, 6) is -0.715. The molecule has 0 spiro atoms. The van der Waals surface area contributed by atoms with Crippen LogP contribution >= 0.6 is 0 Å². The van der Waals surface area contributed by atoms with E-state index < -0.39 is 5.97 Å². The molecule has 116 valence electrons. The van der Waals surface area contributed by atoms with E-state index in [0.29, 0.717) is 6.42 Å². The molecule has 0 fully saturated rings. The Morgan fingerprint density at radius 2 is 1.25 bits per heavy atom. The second kappa shape index (κ2) is 16.0. The van der Waals surface area contributed by atoms with E-state index in [-0.39, 0.29) is 6.42 Å². The number of carboxylic acid groups (broad SMARTS) is 1. The summed E-state index contributed by atoms with van der Waals surface area (Å²) in [7, 11) is 0. The average molecular weight is 280 g/mol. The van der Waals surface area contributed by atoms with Gasteiger partial charge in [-0.15, -0.1) is 0 Å². The van der Waals surface area contributed by atoms with Crippen LogP contribution < -0.4 is 0 Å². The summed E-state index contributed by atoms with van der Waals surface area (Å²) in [5, 5.41) is 8.47. The van der Waals surface area contributed by atoms with Crippen LogP contribution in [0.25, 0.3) is 0 Å². The summed E-state index contributed by atoms with van der Waals surface area (Å²) < 4.78 is 0. The van der Waals surface area contributed by atoms with Gasteiger partial charge in [-0.3, -0.25) is 4.79 Å². The van der Waals surface area contributed by atoms with Crippen molar-refractivity contribution >= 4 is 5.97 Å². The van der Waals surface area contributed by atoms with Gasteiger partial charge in [-0.25, -0.2) is 0 Å². The summed E-state index contributed by atoms with van der Waals surface area (Å²) in [5.41, 5.74) is 0. The first-order valence-corrected chi connectivity index (χ1v) is 8.29. The number of rotatable bonds is 14. The summed E-state index contributed by atoms with van der Waals surface area (Å²) >= 11 is 0. The van der Waals surface area contributed by atoms with Gasteiger partial charge in [0.1, 0.15) is 0 Å². The minimum absolute atomic E-state index is 0.245. The predicted octanol–water partition coefficient (Wildman–Crippen LogP) is 5.88. The maximum atomic E-state index is 10.3. The maximum absolute atomic E-state index is 10.3. The molecule has 0 rings (SSSR count). The molecule has 0 aliphatic heterocycles. The van der Waals surface area contributed by atoms with Crippen molar-refractivity contribution < 1.29 is 9.90 Å². The quantitative estimate of drug-likeness (QED) is 0.318. The van der Waals surface area contributed by atoms with Crippen LogP contribution in [-0.2, 0) is 4.79 Å². The number of carbonyl (C=O) groups is 1. The van der Waals surface area contributed by atoms with Crippen LogP contribution in [0.4, 0.5) is 0 Å². The van der Waals surface area contributed by atoms with Crippen molar-refractivity contribution in [2.75, 3.05) is 0 Å². The molecule has 0 bridgehead atoms. The lowest BCUT2D eigenvalue weighted by Crippen LogP contribution is -1.91. The molecule has 0 saturated carbocycles. The number of allylic oxidation sites excluding steroid dienone is 4. The second-order valence-electron chi connectivity index (χ2n) is 5.36. The van der Waals surface area contributed by atoms with Crippen LogP contribution in [0.5, 0.6) is 0 Å². The van der Waals surface area contributed by atoms with Gasteiger partial charge in [-0.1, -0.05) is 63.3 Å². The van der Waals surface area contributed by atoms with Gasteiger partial charge in [0, 0.05) is 6.42 Å². The van der Waals surface area contributed by atoms with Crippen molar-refractivity contribution in [1.82, 2.24) is 0 Å². The minimum atomic E-state index is -0.715. The topological polar surface area (TPSA) is 37.3 Å². The smallest absolute Gasteiger partial charge is 0.303 e. The monoisotopic (exact) mass is 280 g/mol. The molecule has 2 heteroatoms. The van der Waals surface area contributed by atoms with E-state index in [9.17, 15) is 4.79 Å². The molecular formula is C18H32O2. The largest absolute Gasteiger partial charge is 0.481 e. The SMILES string of the molecule is CCCCCCCCC=CCCCC=CCCC(=O)O. The van der Waals surface area contributed by atoms with Crippen LogP contribution in [0.1, 0.15) is 84.0 Å². The van der Waals surface area contributed by atoms with Gasteiger partial charge in [-0.2, -0.15) is 0 Å². The zero-order chi connectivity index (χ0) is 14.9. The van der Waals surface area contributed by atoms with Crippen molar-refractivity contribution in [1.29, 1.82) is 0 Å². The Morgan fingerprint density at radius 3 is 1.85 bits per heavy atom. The first-order valence-electron chi connectivity index (χ1n) is 8.29. The molecule has 0 aliphatic carbocycles. The number of hydrogen-bond donors (Lipinski definition) is 1. The van der Waals surface area contributed by atoms with Gasteiger partial charge in [-0.05, 0) is 38.5 Å². The van der Waals surface area contributed by atoms with Gasteiger partial charge in [0.25, 0.3) is 0 Å². The van der Waals surface area contributed by atoms with Crippen LogP contribution in [0, 0.1) is 0 Å². The highest BCUT2D eigenvalue weighted by atomic mass is 16.4. The minimum Gasteiger partial charge on any atom is -0.481 e. The first-order chi connectivity index (χ1) is 9.77. The predicted molar refractivity (Wildman–Crippen MR) is 87.0 cm³/mol. The van der Waals surface area contributed by atoms with Crippen molar-refractivity contribution in [3.05, 3.63) is 24.3 Å². The Hall–Kier alpha value is -1.05. The number of carboxylic acids is 1. The molecule has 20 heavy (non-hydrogen) atoms. The lowest BCUT2D eigenvalue weighted by atomic mass is 10.1. The fourth-order valence-corrected chi connectivity index (χ4v) is 2.07. The normalized spacial score (nSPS) is 11.7. The number of hydrogen-bond acceptors (Lipinski definition) is 1. The van der Waals surface area contributed by atoms with Crippen molar-refractivity contribution in [3.63, 3.8) is 0 Å². The molecule has 0 aromatic carbocycles. The van der Waals surface area contributed by atoms with Crippen molar-refractivity contribution in [2.24, 2.45) is 0 Å². The van der Waals surface area contributed by atoms with Gasteiger partial charge in [0.05, 0.1) is 0 Å². The standard InChI is InChI=1S/C18H32O2/c1-2-3-4-5-6-7-8-9-10-11-12-13-14-15-16-17-18(19)20/h9-10,14-15H,2-8,11-13,16-17H2,1H3,(H,19,20). The van der Waals surface area contributed by atoms with E-state index in [4.69, 9.17) is 5.11 Å². The lowest BCUT2D eigenvalue weighted by Gasteiger charge is -1.97. The summed E-state index contributed by atoms with van der Waals surface area (Å²) in [4.78, 5) is 10.3. The fraction of sp³-hybridized carbons (Fsp3) is 0.722. The van der Waals surface area contributed by atoms with Crippen molar-refractivity contribution in [3.8, 4) is 0 Å². The Morgan fingerprint density at radius 1 is 0.750 bits per heavy atom. The third-order valence-corrected chi connectivity index (χ3v) is 3.32. The highest BCUT2D eigenvalue weighted by Crippen LogP contribution is 2.08. The molecule has 0 heterocycles. The third-order valence-electron chi connectivity index (χ3n) is 3.32. The van der Waals surface area contributed by atoms with E-state index >= 15 is 0 Å². The van der Waals surface area contributed by atoms with E-state index in [1.54, 1.807) is 0 Å². The summed E-state index contributed by atoms with van der Waals surface area (Å²) in [6.07, 6.45) is 22.4. The molecule has 0 saturated heterocycles. The molecule has 0 radical (unpaired) electrons. The van der Waals surface area contributed by atoms with Gasteiger partial charge in [0.15, 0.2) is 0 Å². The highest BCUT2D eigenvalue weighted by Gasteiger charge is 1.91. The maximum Gasteiger partial charge on any atom is 0.303 e. The van der Waals surface area contributed by atoms with Gasteiger partial charge in [0.2, 0.25) is 0 Å². The molecule has 0 amide bonds. The Kier molecular flexibility index (Phi) is 15.2. The third kappa shape index (κ3) is 16.9. The number of unbranched alkanes of at least 4 members (excludes halogenated alkanes) is 8. The van der Waals surface area contributed by atoms with Crippen LogP contribution in [0.3, 0.4) is 0 Å². The van der Waals surface area contributed by atoms with Crippen LogP contribution in [-0.4, -0.2) is 11.1 Å². The van der Waals surface area contributed by atoms with Crippen molar-refractivity contribution in [2.45, 2.75) is 84.0 Å². The molecule has 0 aliphatic rings. The lowest BCUT2D eigenvalue weighted by molar-refractivity contribution is -0.136. The molecule has 0 atom stereocenters. The van der Waals surface area contributed by atoms with Crippen LogP contribution in [0.15, 0.2) is 24.3 Å². The zero-order valence-corrected chi connectivity index (χ0v) is 13.2. The Balaban J connectivity index is 3.17. The first kappa shape index (κ1) is 18.9. The van der Waals surface area contributed by atoms with Crippen LogP contribution in [0.2, 0.25) is 0 Å². The highest BCUT2D eigenvalue weighted by molar-refractivity contribution is 5.66. The van der Waals surface area contributed by atoms with E-state index in [2.05, 4.69) is 25.2 Å².